The van der Waals surface area contributed by atoms with E-state index in [0.717, 1.165) is 53.5 Å². The number of nitrogens with zero attached hydrogens (tertiary/aromatic N) is 5. The summed E-state index contributed by atoms with van der Waals surface area (Å²) in [4.78, 5) is 21.0. The van der Waals surface area contributed by atoms with Gasteiger partial charge in [0.25, 0.3) is 0 Å². The minimum Gasteiger partial charge on any atom is -0.465 e. The topological polar surface area (TPSA) is 99.4 Å². The molecule has 3 aromatic heterocycles. The molecule has 1 aliphatic rings. The van der Waals surface area contributed by atoms with Crippen LogP contribution in [-0.2, 0) is 6.54 Å². The smallest absolute Gasteiger partial charge is 0.407 e. The number of hydrogen-bond acceptors (Lipinski definition) is 4. The molecule has 0 spiro atoms. The molecule has 8 nitrogen and oxygen atoms in total. The molecular formula is C21H22N6O2. The summed E-state index contributed by atoms with van der Waals surface area (Å²) in [7, 11) is 0. The zero-order valence-electron chi connectivity index (χ0n) is 15.9. The molecule has 0 unspecified atom stereocenters. The van der Waals surface area contributed by atoms with Crippen molar-refractivity contribution in [2.45, 2.75) is 44.2 Å². The van der Waals surface area contributed by atoms with Gasteiger partial charge in [-0.15, -0.1) is 5.10 Å². The standard InChI is InChI=1S/C21H22N6O2/c28-21(29)26(12-14-4-2-1-3-5-14)16-8-6-15(7-9-16)18-19-17-10-11-22-20(17)23-13-27(19)25-24-18/h1-5,10-11,13,15-16,22H,6-9,12H2,(H,28,29)/t15-,16-. The number of benzene rings is 1. The van der Waals surface area contributed by atoms with Gasteiger partial charge in [0.05, 0.1) is 5.69 Å². The molecule has 0 atom stereocenters. The molecule has 29 heavy (non-hydrogen) atoms. The molecule has 1 aromatic carbocycles. The van der Waals surface area contributed by atoms with Crippen LogP contribution in [0.4, 0.5) is 4.79 Å². The number of carboxylic acid groups (broad SMARTS) is 1. The lowest BCUT2D eigenvalue weighted by Crippen LogP contribution is -2.40. The Balaban J connectivity index is 1.35. The Kier molecular flexibility index (Phi) is 4.38. The van der Waals surface area contributed by atoms with Crippen molar-refractivity contribution in [2.24, 2.45) is 0 Å². The second-order valence-electron chi connectivity index (χ2n) is 7.65. The number of rotatable bonds is 4. The van der Waals surface area contributed by atoms with E-state index in [4.69, 9.17) is 0 Å². The zero-order chi connectivity index (χ0) is 19.8. The minimum absolute atomic E-state index is 0.0275. The van der Waals surface area contributed by atoms with Gasteiger partial charge in [0.2, 0.25) is 0 Å². The van der Waals surface area contributed by atoms with Gasteiger partial charge in [-0.05, 0) is 37.3 Å². The van der Waals surface area contributed by atoms with Crippen LogP contribution in [0.3, 0.4) is 0 Å². The summed E-state index contributed by atoms with van der Waals surface area (Å²) in [5.74, 6) is 0.275. The van der Waals surface area contributed by atoms with Crippen molar-refractivity contribution in [3.05, 3.63) is 60.2 Å². The molecule has 1 amide bonds. The molecule has 8 heteroatoms. The van der Waals surface area contributed by atoms with Gasteiger partial charge < -0.3 is 15.0 Å². The van der Waals surface area contributed by atoms with E-state index >= 15 is 0 Å². The van der Waals surface area contributed by atoms with E-state index in [1.54, 1.807) is 15.7 Å². The molecule has 0 bridgehead atoms. The van der Waals surface area contributed by atoms with Crippen molar-refractivity contribution < 1.29 is 9.90 Å². The highest BCUT2D eigenvalue weighted by Crippen LogP contribution is 2.37. The summed E-state index contributed by atoms with van der Waals surface area (Å²) < 4.78 is 1.73. The van der Waals surface area contributed by atoms with Crippen LogP contribution in [0, 0.1) is 0 Å². The number of amides is 1. The van der Waals surface area contributed by atoms with E-state index < -0.39 is 6.09 Å². The molecule has 1 aliphatic carbocycles. The number of aromatic amines is 1. The Morgan fingerprint density at radius 2 is 1.97 bits per heavy atom. The average Bonchev–Trinajstić information content (AvgIpc) is 3.39. The van der Waals surface area contributed by atoms with Crippen LogP contribution >= 0.6 is 0 Å². The molecule has 5 rings (SSSR count). The zero-order valence-corrected chi connectivity index (χ0v) is 15.9. The number of fused-ring (bicyclic) bond motifs is 3. The number of carbonyl (C=O) groups is 1. The van der Waals surface area contributed by atoms with Crippen LogP contribution in [0.2, 0.25) is 0 Å². The second-order valence-corrected chi connectivity index (χ2v) is 7.65. The van der Waals surface area contributed by atoms with Crippen LogP contribution in [0.25, 0.3) is 16.6 Å². The maximum absolute atomic E-state index is 11.9. The summed E-state index contributed by atoms with van der Waals surface area (Å²) >= 11 is 0. The summed E-state index contributed by atoms with van der Waals surface area (Å²) in [5, 5.41) is 19.5. The van der Waals surface area contributed by atoms with E-state index in [1.165, 1.54) is 0 Å². The van der Waals surface area contributed by atoms with Crippen LogP contribution in [0.15, 0.2) is 48.9 Å². The lowest BCUT2D eigenvalue weighted by molar-refractivity contribution is 0.104. The highest BCUT2D eigenvalue weighted by molar-refractivity contribution is 5.92. The third-order valence-electron chi connectivity index (χ3n) is 5.96. The van der Waals surface area contributed by atoms with Crippen LogP contribution < -0.4 is 0 Å². The highest BCUT2D eigenvalue weighted by Gasteiger charge is 2.31. The Bertz CT molecular complexity index is 1140. The molecule has 1 saturated carbocycles. The third kappa shape index (κ3) is 3.20. The lowest BCUT2D eigenvalue weighted by atomic mass is 9.83. The average molecular weight is 390 g/mol. The van der Waals surface area contributed by atoms with Gasteiger partial charge in [-0.2, -0.15) is 0 Å². The fourth-order valence-electron chi connectivity index (χ4n) is 4.49. The summed E-state index contributed by atoms with van der Waals surface area (Å²) in [6.07, 6.45) is 6.14. The fourth-order valence-corrected chi connectivity index (χ4v) is 4.49. The molecular weight excluding hydrogens is 368 g/mol. The van der Waals surface area contributed by atoms with E-state index in [0.29, 0.717) is 6.54 Å². The third-order valence-corrected chi connectivity index (χ3v) is 5.96. The summed E-state index contributed by atoms with van der Waals surface area (Å²) in [6, 6.07) is 11.8. The van der Waals surface area contributed by atoms with E-state index in [-0.39, 0.29) is 12.0 Å². The summed E-state index contributed by atoms with van der Waals surface area (Å²) in [6.45, 7) is 0.427. The molecule has 0 radical (unpaired) electrons. The quantitative estimate of drug-likeness (QED) is 0.552. The first kappa shape index (κ1) is 17.7. The molecule has 2 N–H and O–H groups in total. The number of H-pyrrole nitrogens is 1. The number of hydrogen-bond donors (Lipinski definition) is 2. The van der Waals surface area contributed by atoms with E-state index in [9.17, 15) is 9.90 Å². The van der Waals surface area contributed by atoms with Crippen molar-refractivity contribution in [1.82, 2.24) is 29.7 Å². The lowest BCUT2D eigenvalue weighted by Gasteiger charge is -2.35. The fraction of sp³-hybridized carbons (Fsp3) is 0.333. The number of aromatic nitrogens is 5. The first-order valence-electron chi connectivity index (χ1n) is 9.91. The Hall–Kier alpha value is -3.42. The monoisotopic (exact) mass is 390 g/mol. The normalized spacial score (nSPS) is 19.6. The molecule has 4 aromatic rings. The van der Waals surface area contributed by atoms with Gasteiger partial charge in [0.1, 0.15) is 17.5 Å². The molecule has 148 valence electrons. The van der Waals surface area contributed by atoms with Crippen molar-refractivity contribution >= 4 is 22.6 Å². The molecule has 0 saturated heterocycles. The highest BCUT2D eigenvalue weighted by atomic mass is 16.4. The second kappa shape index (κ2) is 7.20. The Labute approximate surface area is 167 Å². The first-order chi connectivity index (χ1) is 14.2. The SMILES string of the molecule is O=C(O)N(Cc1ccccc1)[C@H]1CC[C@H](c2nnn3cnc4[nH]ccc4c23)CC1. The van der Waals surface area contributed by atoms with Gasteiger partial charge in [-0.3, -0.25) is 0 Å². The van der Waals surface area contributed by atoms with Crippen LogP contribution in [0.5, 0.6) is 0 Å². The predicted molar refractivity (Wildman–Crippen MR) is 108 cm³/mol. The van der Waals surface area contributed by atoms with Gasteiger partial charge in [0, 0.05) is 30.1 Å². The minimum atomic E-state index is -0.855. The Morgan fingerprint density at radius 3 is 2.72 bits per heavy atom. The van der Waals surface area contributed by atoms with Gasteiger partial charge in [0.15, 0.2) is 0 Å². The molecule has 0 aliphatic heterocycles. The summed E-state index contributed by atoms with van der Waals surface area (Å²) in [5.41, 5.74) is 3.83. The van der Waals surface area contributed by atoms with Crippen molar-refractivity contribution in [3.63, 3.8) is 0 Å². The largest absolute Gasteiger partial charge is 0.465 e. The first-order valence-corrected chi connectivity index (χ1v) is 9.91. The maximum atomic E-state index is 11.9. The number of nitrogens with one attached hydrogen (secondary N) is 1. The van der Waals surface area contributed by atoms with Crippen molar-refractivity contribution in [1.29, 1.82) is 0 Å². The predicted octanol–water partition coefficient (Wildman–Crippen LogP) is 3.81. The maximum Gasteiger partial charge on any atom is 0.407 e. The van der Waals surface area contributed by atoms with Gasteiger partial charge in [-0.1, -0.05) is 35.5 Å². The molecule has 3 heterocycles. The van der Waals surface area contributed by atoms with Crippen molar-refractivity contribution in [2.75, 3.05) is 0 Å². The van der Waals surface area contributed by atoms with E-state index in [2.05, 4.69) is 20.3 Å². The van der Waals surface area contributed by atoms with Gasteiger partial charge >= 0.3 is 6.09 Å². The Morgan fingerprint density at radius 1 is 1.17 bits per heavy atom. The van der Waals surface area contributed by atoms with E-state index in [1.807, 2.05) is 42.6 Å². The van der Waals surface area contributed by atoms with Crippen molar-refractivity contribution in [3.8, 4) is 0 Å². The van der Waals surface area contributed by atoms with Crippen LogP contribution in [0.1, 0.15) is 42.9 Å². The molecule has 1 fully saturated rings. The van der Waals surface area contributed by atoms with Gasteiger partial charge in [-0.25, -0.2) is 14.3 Å². The van der Waals surface area contributed by atoms with Crippen LogP contribution in [-0.4, -0.2) is 46.9 Å².